The molecule has 16 heavy (non-hydrogen) atoms. The number of nitriles is 1. The van der Waals surface area contributed by atoms with Crippen molar-refractivity contribution in [2.24, 2.45) is 0 Å². The van der Waals surface area contributed by atoms with Gasteiger partial charge in [-0.15, -0.1) is 0 Å². The van der Waals surface area contributed by atoms with Crippen LogP contribution in [0.5, 0.6) is 0 Å². The Hall–Kier alpha value is -1.08. The van der Waals surface area contributed by atoms with Crippen LogP contribution in [0.25, 0.3) is 0 Å². The number of esters is 1. The quantitative estimate of drug-likeness (QED) is 0.448. The third kappa shape index (κ3) is 7.24. The number of hydrogen-bond acceptors (Lipinski definition) is 4. The highest BCUT2D eigenvalue weighted by atomic mass is 16.6. The zero-order valence-corrected chi connectivity index (χ0v) is 10.2. The van der Waals surface area contributed by atoms with Gasteiger partial charge < -0.3 is 9.47 Å². The Labute approximate surface area is 97.5 Å². The number of rotatable bonds is 9. The largest absolute Gasteiger partial charge is 0.467 e. The van der Waals surface area contributed by atoms with Crippen LogP contribution in [0.3, 0.4) is 0 Å². The molecular weight excluding hydrogens is 206 g/mol. The number of ether oxygens (including phenoxy) is 2. The minimum Gasteiger partial charge on any atom is -0.467 e. The Balaban J connectivity index is 3.42. The highest BCUT2D eigenvalue weighted by molar-refractivity contribution is 5.74. The minimum atomic E-state index is -0.427. The van der Waals surface area contributed by atoms with E-state index in [2.05, 4.69) is 10.8 Å². The molecule has 0 aromatic rings. The zero-order valence-electron chi connectivity index (χ0n) is 10.2. The van der Waals surface area contributed by atoms with Gasteiger partial charge in [0, 0.05) is 13.5 Å². The molecule has 0 radical (unpaired) electrons. The van der Waals surface area contributed by atoms with E-state index in [0.717, 1.165) is 32.1 Å². The van der Waals surface area contributed by atoms with E-state index in [1.165, 1.54) is 14.2 Å². The van der Waals surface area contributed by atoms with Crippen LogP contribution in [0.2, 0.25) is 0 Å². The van der Waals surface area contributed by atoms with Gasteiger partial charge in [0.25, 0.3) is 0 Å². The van der Waals surface area contributed by atoms with Crippen LogP contribution in [0.15, 0.2) is 0 Å². The summed E-state index contributed by atoms with van der Waals surface area (Å²) in [5.41, 5.74) is 0. The number of unbranched alkanes of at least 4 members (excludes halogenated alkanes) is 5. The van der Waals surface area contributed by atoms with E-state index in [1.54, 1.807) is 0 Å². The van der Waals surface area contributed by atoms with Crippen LogP contribution >= 0.6 is 0 Å². The van der Waals surface area contributed by atoms with E-state index >= 15 is 0 Å². The highest BCUT2D eigenvalue weighted by Gasteiger charge is 2.16. The Morgan fingerprint density at radius 1 is 1.19 bits per heavy atom. The van der Waals surface area contributed by atoms with E-state index < -0.39 is 6.10 Å². The Morgan fingerprint density at radius 3 is 2.38 bits per heavy atom. The van der Waals surface area contributed by atoms with Gasteiger partial charge in [-0.25, -0.2) is 4.79 Å². The lowest BCUT2D eigenvalue weighted by Gasteiger charge is -2.12. The smallest absolute Gasteiger partial charge is 0.334 e. The summed E-state index contributed by atoms with van der Waals surface area (Å²) in [6.07, 6.45) is 6.13. The number of nitrogens with zero attached hydrogens (tertiary/aromatic N) is 1. The van der Waals surface area contributed by atoms with Crippen LogP contribution < -0.4 is 0 Å². The summed E-state index contributed by atoms with van der Waals surface area (Å²) < 4.78 is 9.64. The molecule has 0 saturated heterocycles. The predicted octanol–water partition coefficient (Wildman–Crippen LogP) is 2.43. The minimum absolute atomic E-state index is 0.299. The third-order valence-electron chi connectivity index (χ3n) is 2.50. The van der Waals surface area contributed by atoms with Gasteiger partial charge in [-0.2, -0.15) is 5.26 Å². The van der Waals surface area contributed by atoms with E-state index in [-0.39, 0.29) is 5.97 Å². The highest BCUT2D eigenvalue weighted by Crippen LogP contribution is 2.10. The van der Waals surface area contributed by atoms with Crippen LogP contribution in [-0.4, -0.2) is 26.3 Å². The molecule has 0 aromatic heterocycles. The number of methoxy groups -OCH3 is 2. The Kier molecular flexibility index (Phi) is 9.73. The van der Waals surface area contributed by atoms with Crippen molar-refractivity contribution in [2.75, 3.05) is 14.2 Å². The molecule has 0 aromatic carbocycles. The van der Waals surface area contributed by atoms with Crippen molar-refractivity contribution in [2.45, 2.75) is 51.0 Å². The molecule has 0 aliphatic heterocycles. The summed E-state index contributed by atoms with van der Waals surface area (Å²) in [6, 6.07) is 2.13. The van der Waals surface area contributed by atoms with Crippen molar-refractivity contribution in [3.8, 4) is 6.07 Å². The first-order chi connectivity index (χ1) is 7.76. The first kappa shape index (κ1) is 14.9. The van der Waals surface area contributed by atoms with Gasteiger partial charge in [-0.3, -0.25) is 0 Å². The summed E-state index contributed by atoms with van der Waals surface area (Å²) in [5.74, 6) is -0.299. The molecule has 0 heterocycles. The molecule has 1 unspecified atom stereocenters. The van der Waals surface area contributed by atoms with Gasteiger partial charge in [0.1, 0.15) is 0 Å². The molecule has 0 fully saturated rings. The fourth-order valence-corrected chi connectivity index (χ4v) is 1.53. The first-order valence-corrected chi connectivity index (χ1v) is 5.73. The van der Waals surface area contributed by atoms with Crippen molar-refractivity contribution in [3.05, 3.63) is 0 Å². The topological polar surface area (TPSA) is 59.3 Å². The normalized spacial score (nSPS) is 11.8. The Bertz CT molecular complexity index is 223. The van der Waals surface area contributed by atoms with Gasteiger partial charge in [-0.05, 0) is 12.8 Å². The van der Waals surface area contributed by atoms with Gasteiger partial charge in [-0.1, -0.05) is 25.7 Å². The molecule has 4 nitrogen and oxygen atoms in total. The SMILES string of the molecule is COC(=O)C(CCCCCCCC#N)OC. The maximum absolute atomic E-state index is 11.2. The number of carbonyl (C=O) groups excluding carboxylic acids is 1. The van der Waals surface area contributed by atoms with E-state index in [1.807, 2.05) is 0 Å². The van der Waals surface area contributed by atoms with Crippen molar-refractivity contribution < 1.29 is 14.3 Å². The second-order valence-corrected chi connectivity index (χ2v) is 3.71. The summed E-state index contributed by atoms with van der Waals surface area (Å²) in [4.78, 5) is 11.2. The Morgan fingerprint density at radius 2 is 1.81 bits per heavy atom. The molecule has 0 bridgehead atoms. The molecule has 0 aliphatic carbocycles. The van der Waals surface area contributed by atoms with E-state index in [4.69, 9.17) is 10.00 Å². The fraction of sp³-hybridized carbons (Fsp3) is 0.833. The molecule has 92 valence electrons. The lowest BCUT2D eigenvalue weighted by atomic mass is 10.1. The predicted molar refractivity (Wildman–Crippen MR) is 60.7 cm³/mol. The molecule has 0 saturated carbocycles. The summed E-state index contributed by atoms with van der Waals surface area (Å²) >= 11 is 0. The lowest BCUT2D eigenvalue weighted by molar-refractivity contribution is -0.152. The van der Waals surface area contributed by atoms with Crippen molar-refractivity contribution in [1.29, 1.82) is 5.26 Å². The summed E-state index contributed by atoms with van der Waals surface area (Å²) in [6.45, 7) is 0. The van der Waals surface area contributed by atoms with Crippen LogP contribution in [-0.2, 0) is 14.3 Å². The van der Waals surface area contributed by atoms with Crippen molar-refractivity contribution in [1.82, 2.24) is 0 Å². The average molecular weight is 227 g/mol. The molecule has 0 aliphatic rings. The van der Waals surface area contributed by atoms with Crippen LogP contribution in [0, 0.1) is 11.3 Å². The fourth-order valence-electron chi connectivity index (χ4n) is 1.53. The van der Waals surface area contributed by atoms with Gasteiger partial charge >= 0.3 is 5.97 Å². The van der Waals surface area contributed by atoms with E-state index in [0.29, 0.717) is 12.8 Å². The first-order valence-electron chi connectivity index (χ1n) is 5.73. The van der Waals surface area contributed by atoms with Gasteiger partial charge in [0.15, 0.2) is 6.10 Å². The maximum Gasteiger partial charge on any atom is 0.334 e. The second-order valence-electron chi connectivity index (χ2n) is 3.71. The van der Waals surface area contributed by atoms with Gasteiger partial charge in [0.2, 0.25) is 0 Å². The third-order valence-corrected chi connectivity index (χ3v) is 2.50. The molecule has 0 rings (SSSR count). The standard InChI is InChI=1S/C12H21NO3/c1-15-11(12(14)16-2)9-7-5-3-4-6-8-10-13/h11H,3-9H2,1-2H3. The zero-order chi connectivity index (χ0) is 12.2. The molecular formula is C12H21NO3. The number of hydrogen-bond donors (Lipinski definition) is 0. The monoisotopic (exact) mass is 227 g/mol. The molecule has 0 amide bonds. The lowest BCUT2D eigenvalue weighted by Crippen LogP contribution is -2.24. The molecule has 4 heteroatoms. The molecule has 1 atom stereocenters. The van der Waals surface area contributed by atoms with Crippen LogP contribution in [0.4, 0.5) is 0 Å². The van der Waals surface area contributed by atoms with E-state index in [9.17, 15) is 4.79 Å². The average Bonchev–Trinajstić information content (AvgIpc) is 2.32. The molecule has 0 spiro atoms. The van der Waals surface area contributed by atoms with Crippen molar-refractivity contribution >= 4 is 5.97 Å². The number of carbonyl (C=O) groups is 1. The van der Waals surface area contributed by atoms with Gasteiger partial charge in [0.05, 0.1) is 13.2 Å². The van der Waals surface area contributed by atoms with Crippen molar-refractivity contribution in [3.63, 3.8) is 0 Å². The maximum atomic E-state index is 11.2. The van der Waals surface area contributed by atoms with Crippen LogP contribution in [0.1, 0.15) is 44.9 Å². The summed E-state index contributed by atoms with van der Waals surface area (Å²) in [7, 11) is 2.89. The second kappa shape index (κ2) is 10.4. The molecule has 0 N–H and O–H groups in total. The summed E-state index contributed by atoms with van der Waals surface area (Å²) in [5, 5.41) is 8.34.